The fraction of sp³-hybridized carbons (Fsp3) is 0.107. The molecular weight excluding hydrogens is 574 g/mol. The number of nitrogen functional groups attached to an aromatic ring is 1. The average molecular weight is 598 g/mol. The second-order valence-electron chi connectivity index (χ2n) is 9.63. The van der Waals surface area contributed by atoms with E-state index in [1.807, 2.05) is 0 Å². The standard InChI is InChI=1S/C28H23N9O7/c1-12-7-14(5-6-16(12)27(43)44)11-32-26(42)18-9-17(34-28-35-24(23(30)40)36-37(18)28)25(41)31-10-13-3-2-4-15(8-13)33-20-19(29)21(38)22(20)39/h2-9,33H,10-11,29H2,1H3,(H2,30,40)(H,31,41)(H,32,42)(H,43,44). The van der Waals surface area contributed by atoms with Gasteiger partial charge in [-0.2, -0.15) is 9.50 Å². The largest absolute Gasteiger partial charge is 0.478 e. The maximum Gasteiger partial charge on any atom is 0.335 e. The number of carboxylic acid groups (broad SMARTS) is 1. The summed E-state index contributed by atoms with van der Waals surface area (Å²) in [5, 5.41) is 21.3. The number of amides is 3. The van der Waals surface area contributed by atoms with E-state index in [1.165, 1.54) is 12.1 Å². The van der Waals surface area contributed by atoms with Crippen LogP contribution in [0.4, 0.5) is 17.1 Å². The SMILES string of the molecule is Cc1cc(CNC(=O)c2cc(C(=O)NCc3cccc(Nc4c(N)c(=O)c4=O)c3)nc3nc(C(N)=O)nn23)ccc1C(=O)O. The Labute approximate surface area is 246 Å². The molecule has 0 spiro atoms. The highest BCUT2D eigenvalue weighted by Gasteiger charge is 2.22. The number of carbonyl (C=O) groups is 4. The zero-order chi connectivity index (χ0) is 31.7. The molecule has 0 fully saturated rings. The number of nitrogens with zero attached hydrogens (tertiary/aromatic N) is 4. The summed E-state index contributed by atoms with van der Waals surface area (Å²) in [7, 11) is 0. The molecule has 0 radical (unpaired) electrons. The van der Waals surface area contributed by atoms with Crippen LogP contribution in [0.2, 0.25) is 0 Å². The minimum Gasteiger partial charge on any atom is -0.478 e. The molecule has 0 aliphatic carbocycles. The van der Waals surface area contributed by atoms with Crippen LogP contribution in [0.1, 0.15) is 58.6 Å². The summed E-state index contributed by atoms with van der Waals surface area (Å²) in [6.07, 6.45) is 0. The van der Waals surface area contributed by atoms with E-state index in [9.17, 15) is 33.9 Å². The van der Waals surface area contributed by atoms with Gasteiger partial charge in [0.2, 0.25) is 5.82 Å². The van der Waals surface area contributed by atoms with Crippen LogP contribution in [-0.4, -0.2) is 48.4 Å². The Kier molecular flexibility index (Phi) is 7.55. The quantitative estimate of drug-likeness (QED) is 0.116. The second kappa shape index (κ2) is 11.4. The van der Waals surface area contributed by atoms with Crippen LogP contribution < -0.4 is 38.3 Å². The molecule has 2 aromatic heterocycles. The molecule has 0 saturated heterocycles. The fourth-order valence-corrected chi connectivity index (χ4v) is 4.31. The number of primary amides is 1. The molecule has 16 heteroatoms. The number of fused-ring (bicyclic) bond motifs is 1. The zero-order valence-electron chi connectivity index (χ0n) is 22.9. The van der Waals surface area contributed by atoms with Gasteiger partial charge < -0.3 is 32.5 Å². The van der Waals surface area contributed by atoms with Crippen LogP contribution in [0.5, 0.6) is 0 Å². The van der Waals surface area contributed by atoms with Crippen molar-refractivity contribution in [1.29, 1.82) is 0 Å². The van der Waals surface area contributed by atoms with Crippen LogP contribution in [0.25, 0.3) is 5.78 Å². The van der Waals surface area contributed by atoms with Gasteiger partial charge in [-0.05, 0) is 41.8 Å². The third-order valence-electron chi connectivity index (χ3n) is 6.57. The Balaban J connectivity index is 1.35. The number of hydrogen-bond acceptors (Lipinski definition) is 11. The highest BCUT2D eigenvalue weighted by atomic mass is 16.4. The Morgan fingerprint density at radius 2 is 1.61 bits per heavy atom. The molecule has 222 valence electrons. The molecular formula is C28H23N9O7. The molecule has 8 N–H and O–H groups in total. The normalized spacial score (nSPS) is 10.9. The predicted molar refractivity (Wildman–Crippen MR) is 155 cm³/mol. The van der Waals surface area contributed by atoms with Gasteiger partial charge in [0.25, 0.3) is 34.4 Å². The Morgan fingerprint density at radius 3 is 2.27 bits per heavy atom. The lowest BCUT2D eigenvalue weighted by atomic mass is 10.1. The molecule has 0 atom stereocenters. The van der Waals surface area contributed by atoms with Gasteiger partial charge >= 0.3 is 5.97 Å². The van der Waals surface area contributed by atoms with Crippen molar-refractivity contribution in [3.05, 3.63) is 108 Å². The number of benzene rings is 2. The first-order valence-corrected chi connectivity index (χ1v) is 12.8. The molecule has 2 heterocycles. The van der Waals surface area contributed by atoms with E-state index in [1.54, 1.807) is 43.3 Å². The first-order chi connectivity index (χ1) is 20.9. The number of aromatic carboxylic acids is 1. The van der Waals surface area contributed by atoms with E-state index < -0.39 is 40.4 Å². The number of nitrogens with one attached hydrogen (secondary N) is 3. The van der Waals surface area contributed by atoms with E-state index in [-0.39, 0.29) is 47.2 Å². The van der Waals surface area contributed by atoms with Gasteiger partial charge in [-0.25, -0.2) is 9.78 Å². The van der Waals surface area contributed by atoms with E-state index >= 15 is 0 Å². The number of aromatic nitrogens is 4. The van der Waals surface area contributed by atoms with Gasteiger partial charge in [-0.15, -0.1) is 5.10 Å². The predicted octanol–water partition coefficient (Wildman–Crippen LogP) is 0.0116. The summed E-state index contributed by atoms with van der Waals surface area (Å²) in [5.74, 6) is -4.07. The Morgan fingerprint density at radius 1 is 0.909 bits per heavy atom. The molecule has 0 saturated carbocycles. The number of hydrogen-bond donors (Lipinski definition) is 6. The van der Waals surface area contributed by atoms with Crippen LogP contribution in [-0.2, 0) is 13.1 Å². The summed E-state index contributed by atoms with van der Waals surface area (Å²) in [6, 6.07) is 12.4. The number of anilines is 3. The summed E-state index contributed by atoms with van der Waals surface area (Å²) < 4.78 is 0.979. The number of carboxylic acids is 1. The zero-order valence-corrected chi connectivity index (χ0v) is 22.9. The highest BCUT2D eigenvalue weighted by molar-refractivity contribution is 5.98. The first kappa shape index (κ1) is 29.1. The molecule has 3 amide bonds. The summed E-state index contributed by atoms with van der Waals surface area (Å²) in [6.45, 7) is 1.65. The fourth-order valence-electron chi connectivity index (χ4n) is 4.31. The van der Waals surface area contributed by atoms with Crippen LogP contribution >= 0.6 is 0 Å². The van der Waals surface area contributed by atoms with Crippen LogP contribution in [0.3, 0.4) is 0 Å². The van der Waals surface area contributed by atoms with Crippen molar-refractivity contribution >= 4 is 46.5 Å². The van der Waals surface area contributed by atoms with Crippen molar-refractivity contribution in [3.8, 4) is 0 Å². The van der Waals surface area contributed by atoms with Gasteiger partial charge in [-0.1, -0.05) is 24.3 Å². The maximum atomic E-state index is 13.2. The number of carbonyl (C=O) groups excluding carboxylic acids is 3. The summed E-state index contributed by atoms with van der Waals surface area (Å²) in [4.78, 5) is 80.4. The van der Waals surface area contributed by atoms with Gasteiger partial charge in [0.15, 0.2) is 0 Å². The number of rotatable bonds is 10. The van der Waals surface area contributed by atoms with Gasteiger partial charge in [0.1, 0.15) is 22.8 Å². The molecule has 0 aliphatic heterocycles. The third-order valence-corrected chi connectivity index (χ3v) is 6.57. The van der Waals surface area contributed by atoms with Gasteiger partial charge in [-0.3, -0.25) is 24.0 Å². The monoisotopic (exact) mass is 597 g/mol. The van der Waals surface area contributed by atoms with Crippen molar-refractivity contribution in [3.63, 3.8) is 0 Å². The first-order valence-electron chi connectivity index (χ1n) is 12.8. The Bertz CT molecular complexity index is 2080. The smallest absolute Gasteiger partial charge is 0.335 e. The molecule has 5 aromatic rings. The van der Waals surface area contributed by atoms with E-state index in [0.29, 0.717) is 22.4 Å². The lowest BCUT2D eigenvalue weighted by Crippen LogP contribution is -2.36. The van der Waals surface area contributed by atoms with E-state index in [2.05, 4.69) is 31.0 Å². The molecule has 5 rings (SSSR count). The summed E-state index contributed by atoms with van der Waals surface area (Å²) in [5.41, 5.74) is 11.2. The lowest BCUT2D eigenvalue weighted by Gasteiger charge is -2.12. The van der Waals surface area contributed by atoms with Crippen molar-refractivity contribution in [2.75, 3.05) is 11.1 Å². The minimum atomic E-state index is -1.07. The third kappa shape index (κ3) is 5.67. The van der Waals surface area contributed by atoms with Gasteiger partial charge in [0.05, 0.1) is 5.56 Å². The topological polar surface area (TPSA) is 254 Å². The number of aryl methyl sites for hydroxylation is 1. The van der Waals surface area contributed by atoms with Crippen molar-refractivity contribution in [2.24, 2.45) is 5.73 Å². The summed E-state index contributed by atoms with van der Waals surface area (Å²) >= 11 is 0. The van der Waals surface area contributed by atoms with E-state index in [4.69, 9.17) is 11.5 Å². The van der Waals surface area contributed by atoms with Crippen molar-refractivity contribution < 1.29 is 24.3 Å². The lowest BCUT2D eigenvalue weighted by molar-refractivity contribution is 0.0695. The molecule has 3 aromatic carbocycles. The molecule has 0 bridgehead atoms. The van der Waals surface area contributed by atoms with Crippen molar-refractivity contribution in [2.45, 2.75) is 20.0 Å². The second-order valence-corrected chi connectivity index (χ2v) is 9.63. The molecule has 0 unspecified atom stereocenters. The average Bonchev–Trinajstić information content (AvgIpc) is 3.45. The maximum absolute atomic E-state index is 13.2. The molecule has 0 aliphatic rings. The van der Waals surface area contributed by atoms with Gasteiger partial charge in [0, 0.05) is 24.8 Å². The molecule has 44 heavy (non-hydrogen) atoms. The van der Waals surface area contributed by atoms with E-state index in [0.717, 1.165) is 4.52 Å². The number of nitrogens with two attached hydrogens (primary N) is 2. The minimum absolute atomic E-state index is 0.00413. The highest BCUT2D eigenvalue weighted by Crippen LogP contribution is 2.19. The molecule has 16 nitrogen and oxygen atoms in total. The Hall–Kier alpha value is -6.45. The van der Waals surface area contributed by atoms with Crippen molar-refractivity contribution in [1.82, 2.24) is 30.2 Å². The van der Waals surface area contributed by atoms with Crippen LogP contribution in [0, 0.1) is 6.92 Å². The van der Waals surface area contributed by atoms with Crippen LogP contribution in [0.15, 0.2) is 58.1 Å².